The zero-order valence-electron chi connectivity index (χ0n) is 23.6. The summed E-state index contributed by atoms with van der Waals surface area (Å²) in [6.07, 6.45) is 12.8. The van der Waals surface area contributed by atoms with E-state index in [9.17, 15) is 9.46 Å². The fourth-order valence-electron chi connectivity index (χ4n) is 2.15. The average Bonchev–Trinajstić information content (AvgIpc) is 2.65. The summed E-state index contributed by atoms with van der Waals surface area (Å²) in [5.41, 5.74) is 0. The summed E-state index contributed by atoms with van der Waals surface area (Å²) in [6.45, 7) is 15.2. The van der Waals surface area contributed by atoms with Crippen molar-refractivity contribution >= 4 is 7.82 Å². The van der Waals surface area contributed by atoms with E-state index in [4.69, 9.17) is 24.4 Å². The number of aliphatic hydroxyl groups excluding tert-OH is 3. The van der Waals surface area contributed by atoms with Crippen LogP contribution in [-0.4, -0.2) is 46.8 Å². The van der Waals surface area contributed by atoms with E-state index in [1.165, 1.54) is 38.5 Å². The van der Waals surface area contributed by atoms with Crippen molar-refractivity contribution < 1.29 is 55.5 Å². The Kier molecular flexibility index (Phi) is 47.1. The minimum absolute atomic E-state index is 0. The molecule has 0 saturated carbocycles. The molecule has 0 aliphatic heterocycles. The fraction of sp³-hybridized carbons (Fsp3) is 1.00. The summed E-state index contributed by atoms with van der Waals surface area (Å²) < 4.78 is 21.2. The second kappa shape index (κ2) is 35.9. The predicted molar refractivity (Wildman–Crippen MR) is 138 cm³/mol. The van der Waals surface area contributed by atoms with Crippen molar-refractivity contribution in [2.75, 3.05) is 13.2 Å². The molecule has 0 bridgehead atoms. The molecule has 0 radical (unpaired) electrons. The first-order chi connectivity index (χ1) is 15.3. The third kappa shape index (κ3) is 76.7. The normalized spacial score (nSPS) is 10.6. The molecule has 210 valence electrons. The van der Waals surface area contributed by atoms with E-state index < -0.39 is 7.82 Å². The van der Waals surface area contributed by atoms with E-state index >= 15 is 0 Å². The van der Waals surface area contributed by atoms with Crippen LogP contribution in [0.1, 0.15) is 132 Å². The van der Waals surface area contributed by atoms with Crippen molar-refractivity contribution in [1.82, 2.24) is 0 Å². The third-order valence-electron chi connectivity index (χ3n) is 3.49. The summed E-state index contributed by atoms with van der Waals surface area (Å²) in [5.74, 6) is 0. The van der Waals surface area contributed by atoms with Crippen LogP contribution in [0, 0.1) is 0 Å². The molecule has 7 nitrogen and oxygen atoms in total. The summed E-state index contributed by atoms with van der Waals surface area (Å²) in [7, 11) is -4.07. The van der Waals surface area contributed by atoms with Gasteiger partial charge in [0.05, 0.1) is 13.2 Å². The van der Waals surface area contributed by atoms with Crippen LogP contribution in [0.3, 0.4) is 0 Å². The standard InChI is InChI=1S/C16H35O4P.3C3H8O.Ti/c1-3-5-7-9-11-13-15-19-21(17,18)20-16-14-12-10-8-6-4-2;3*1-3(2)4;/h3-16H2,1-2H3,(H,17,18);3*3-4H,1-2H3;/p-1. The molecule has 0 aliphatic carbocycles. The van der Waals surface area contributed by atoms with Gasteiger partial charge >= 0.3 is 0 Å². The summed E-state index contributed by atoms with van der Waals surface area (Å²) in [4.78, 5) is 11.5. The minimum atomic E-state index is -4.07. The van der Waals surface area contributed by atoms with Crippen LogP contribution in [0.15, 0.2) is 0 Å². The van der Waals surface area contributed by atoms with Gasteiger partial charge in [0, 0.05) is 40.0 Å². The molecule has 9 heteroatoms. The quantitative estimate of drug-likeness (QED) is 0.116. The smallest absolute Gasteiger partial charge is 0.267 e. The van der Waals surface area contributed by atoms with Crippen molar-refractivity contribution in [3.8, 4) is 0 Å². The number of phosphoric acid groups is 1. The predicted octanol–water partition coefficient (Wildman–Crippen LogP) is 6.37. The van der Waals surface area contributed by atoms with Gasteiger partial charge in [-0.1, -0.05) is 78.1 Å². The molecule has 0 heterocycles. The van der Waals surface area contributed by atoms with Crippen LogP contribution in [0.4, 0.5) is 0 Å². The van der Waals surface area contributed by atoms with E-state index in [-0.39, 0.29) is 53.2 Å². The molecule has 0 rings (SSSR count). The first-order valence-corrected chi connectivity index (χ1v) is 14.4. The molecule has 0 spiro atoms. The Labute approximate surface area is 226 Å². The van der Waals surface area contributed by atoms with Crippen molar-refractivity contribution in [2.45, 2.75) is 151 Å². The molecule has 0 saturated heterocycles. The van der Waals surface area contributed by atoms with Gasteiger partial charge < -0.3 is 29.3 Å². The Hall–Kier alpha value is 0.704. The van der Waals surface area contributed by atoms with Gasteiger partial charge in [0.25, 0.3) is 7.82 Å². The van der Waals surface area contributed by atoms with Gasteiger partial charge in [-0.25, -0.2) is 0 Å². The third-order valence-corrected chi connectivity index (χ3v) is 4.49. The van der Waals surface area contributed by atoms with Crippen LogP contribution in [0.5, 0.6) is 0 Å². The Morgan fingerprint density at radius 2 is 0.794 bits per heavy atom. The van der Waals surface area contributed by atoms with Crippen LogP contribution in [0.25, 0.3) is 0 Å². The zero-order valence-corrected chi connectivity index (χ0v) is 26.0. The van der Waals surface area contributed by atoms with E-state index in [0.29, 0.717) is 0 Å². The maximum Gasteiger partial charge on any atom is 0.267 e. The molecule has 0 aromatic heterocycles. The maximum atomic E-state index is 11.5. The van der Waals surface area contributed by atoms with E-state index in [1.807, 2.05) is 0 Å². The van der Waals surface area contributed by atoms with Gasteiger partial charge in [0.1, 0.15) is 0 Å². The number of hydrogen-bond donors (Lipinski definition) is 3. The SMILES string of the molecule is CC(C)O.CC(C)O.CC(C)O.CCCCCCCCOP(=O)([O-])OCCCCCCCC.[Ti]. The summed E-state index contributed by atoms with van der Waals surface area (Å²) in [6, 6.07) is 0. The molecular formula is C25H58O7PTi-. The molecule has 0 aliphatic rings. The Bertz CT molecular complexity index is 340. The molecule has 0 aromatic rings. The van der Waals surface area contributed by atoms with E-state index in [2.05, 4.69) is 13.8 Å². The Morgan fingerprint density at radius 3 is 1.03 bits per heavy atom. The topological polar surface area (TPSA) is 119 Å². The summed E-state index contributed by atoms with van der Waals surface area (Å²) in [5, 5.41) is 24.2. The zero-order chi connectivity index (χ0) is 26.5. The first kappa shape index (κ1) is 44.7. The molecule has 0 atom stereocenters. The largest absolute Gasteiger partial charge is 0.756 e. The molecule has 34 heavy (non-hydrogen) atoms. The van der Waals surface area contributed by atoms with Gasteiger partial charge in [-0.2, -0.15) is 0 Å². The number of hydrogen-bond acceptors (Lipinski definition) is 7. The van der Waals surface area contributed by atoms with Crippen LogP contribution in [0.2, 0.25) is 0 Å². The van der Waals surface area contributed by atoms with Crippen molar-refractivity contribution in [2.24, 2.45) is 0 Å². The second-order valence-electron chi connectivity index (χ2n) is 8.93. The Morgan fingerprint density at radius 1 is 0.588 bits per heavy atom. The van der Waals surface area contributed by atoms with Crippen LogP contribution in [-0.2, 0) is 35.3 Å². The fourth-order valence-corrected chi connectivity index (χ4v) is 2.93. The van der Waals surface area contributed by atoms with E-state index in [1.54, 1.807) is 41.5 Å². The monoisotopic (exact) mass is 549 g/mol. The number of rotatable bonds is 16. The molecule has 0 fully saturated rings. The van der Waals surface area contributed by atoms with Crippen molar-refractivity contribution in [3.63, 3.8) is 0 Å². The van der Waals surface area contributed by atoms with Crippen LogP contribution < -0.4 is 4.89 Å². The molecule has 0 amide bonds. The maximum absolute atomic E-state index is 11.5. The molecular weight excluding hydrogens is 491 g/mol. The van der Waals surface area contributed by atoms with Gasteiger partial charge in [-0.05, 0) is 54.4 Å². The Balaban J connectivity index is -0.000000178. The molecule has 0 unspecified atom stereocenters. The number of unbranched alkanes of at least 4 members (excludes halogenated alkanes) is 10. The average molecular weight is 550 g/mol. The van der Waals surface area contributed by atoms with Gasteiger partial charge in [0.2, 0.25) is 0 Å². The van der Waals surface area contributed by atoms with Crippen molar-refractivity contribution in [3.05, 3.63) is 0 Å². The number of phosphoric ester groups is 1. The van der Waals surface area contributed by atoms with Gasteiger partial charge in [0.15, 0.2) is 0 Å². The van der Waals surface area contributed by atoms with Crippen molar-refractivity contribution in [1.29, 1.82) is 0 Å². The number of aliphatic hydroxyl groups is 3. The van der Waals surface area contributed by atoms with Gasteiger partial charge in [-0.15, -0.1) is 0 Å². The minimum Gasteiger partial charge on any atom is -0.756 e. The molecule has 3 N–H and O–H groups in total. The second-order valence-corrected chi connectivity index (χ2v) is 10.3. The first-order valence-electron chi connectivity index (χ1n) is 13.0. The van der Waals surface area contributed by atoms with E-state index in [0.717, 1.165) is 38.5 Å². The summed E-state index contributed by atoms with van der Waals surface area (Å²) >= 11 is 0. The molecule has 0 aromatic carbocycles. The van der Waals surface area contributed by atoms with Crippen LogP contribution >= 0.6 is 7.82 Å². The van der Waals surface area contributed by atoms with Gasteiger partial charge in [-0.3, -0.25) is 4.57 Å².